The number of urea groups is 1. The Kier molecular flexibility index (Phi) is 2.41. The smallest absolute Gasteiger partial charge is 0.332 e. The SMILES string of the molecule is CC1CC(=NNC(N)=O)CN1C1CC1. The molecule has 1 aliphatic carbocycles. The zero-order chi connectivity index (χ0) is 10.1. The van der Waals surface area contributed by atoms with Crippen LogP contribution in [-0.2, 0) is 0 Å². The molecule has 1 atom stereocenters. The van der Waals surface area contributed by atoms with E-state index in [0.717, 1.165) is 24.7 Å². The summed E-state index contributed by atoms with van der Waals surface area (Å²) in [5, 5.41) is 3.98. The van der Waals surface area contributed by atoms with E-state index in [1.165, 1.54) is 12.8 Å². The maximum absolute atomic E-state index is 10.5. The molecular weight excluding hydrogens is 180 g/mol. The molecule has 0 bridgehead atoms. The number of carbonyl (C=O) groups is 1. The van der Waals surface area contributed by atoms with E-state index in [0.29, 0.717) is 6.04 Å². The first-order chi connectivity index (χ1) is 6.66. The molecule has 0 radical (unpaired) electrons. The van der Waals surface area contributed by atoms with Crippen molar-refractivity contribution in [2.45, 2.75) is 38.3 Å². The van der Waals surface area contributed by atoms with Crippen LogP contribution in [0.1, 0.15) is 26.2 Å². The van der Waals surface area contributed by atoms with E-state index in [9.17, 15) is 4.79 Å². The quantitative estimate of drug-likeness (QED) is 0.622. The molecule has 0 aromatic carbocycles. The minimum atomic E-state index is -0.588. The predicted octanol–water partition coefficient (Wildman–Crippen LogP) is 0.267. The summed E-state index contributed by atoms with van der Waals surface area (Å²) in [7, 11) is 0. The summed E-state index contributed by atoms with van der Waals surface area (Å²) in [5.41, 5.74) is 8.26. The third kappa shape index (κ3) is 2.04. The molecule has 1 saturated carbocycles. The predicted molar refractivity (Wildman–Crippen MR) is 54.0 cm³/mol. The molecule has 14 heavy (non-hydrogen) atoms. The largest absolute Gasteiger partial charge is 0.350 e. The summed E-state index contributed by atoms with van der Waals surface area (Å²) in [6, 6.07) is 0.720. The van der Waals surface area contributed by atoms with Crippen LogP contribution in [0.15, 0.2) is 5.10 Å². The number of hydrogen-bond donors (Lipinski definition) is 2. The van der Waals surface area contributed by atoms with Gasteiger partial charge < -0.3 is 5.73 Å². The second kappa shape index (κ2) is 3.57. The van der Waals surface area contributed by atoms with Crippen LogP contribution < -0.4 is 11.2 Å². The highest BCUT2D eigenvalue weighted by molar-refractivity contribution is 5.89. The van der Waals surface area contributed by atoms with E-state index in [-0.39, 0.29) is 0 Å². The molecule has 1 saturated heterocycles. The van der Waals surface area contributed by atoms with Gasteiger partial charge in [0.1, 0.15) is 0 Å². The van der Waals surface area contributed by atoms with Crippen LogP contribution in [0.2, 0.25) is 0 Å². The third-order valence-corrected chi connectivity index (χ3v) is 2.80. The number of amides is 2. The van der Waals surface area contributed by atoms with Crippen molar-refractivity contribution in [1.82, 2.24) is 10.3 Å². The van der Waals surface area contributed by atoms with Crippen LogP contribution in [-0.4, -0.2) is 35.3 Å². The summed E-state index contributed by atoms with van der Waals surface area (Å²) in [6.45, 7) is 3.08. The Morgan fingerprint density at radius 3 is 2.93 bits per heavy atom. The fraction of sp³-hybridized carbons (Fsp3) is 0.778. The number of hydrogen-bond acceptors (Lipinski definition) is 3. The molecule has 2 fully saturated rings. The number of nitrogens with two attached hydrogens (primary N) is 1. The van der Waals surface area contributed by atoms with Gasteiger partial charge in [-0.2, -0.15) is 5.10 Å². The van der Waals surface area contributed by atoms with Crippen molar-refractivity contribution >= 4 is 11.7 Å². The standard InChI is InChI=1S/C9H16N4O/c1-6-4-7(11-12-9(10)14)5-13(6)8-2-3-8/h6,8H,2-5H2,1H3,(H3,10,12,14). The number of likely N-dealkylation sites (tertiary alicyclic amines) is 1. The highest BCUT2D eigenvalue weighted by Gasteiger charge is 2.37. The fourth-order valence-electron chi connectivity index (χ4n) is 2.00. The van der Waals surface area contributed by atoms with E-state index < -0.39 is 6.03 Å². The monoisotopic (exact) mass is 196 g/mol. The van der Waals surface area contributed by atoms with Crippen molar-refractivity contribution in [3.8, 4) is 0 Å². The van der Waals surface area contributed by atoms with Gasteiger partial charge in [-0.1, -0.05) is 0 Å². The zero-order valence-electron chi connectivity index (χ0n) is 8.36. The first-order valence-electron chi connectivity index (χ1n) is 5.03. The number of nitrogens with one attached hydrogen (secondary N) is 1. The van der Waals surface area contributed by atoms with E-state index >= 15 is 0 Å². The number of primary amides is 1. The van der Waals surface area contributed by atoms with E-state index in [1.807, 2.05) is 0 Å². The van der Waals surface area contributed by atoms with Gasteiger partial charge in [0.2, 0.25) is 0 Å². The molecule has 0 aromatic rings. The average molecular weight is 196 g/mol. The Bertz CT molecular complexity index is 272. The molecule has 5 nitrogen and oxygen atoms in total. The molecule has 78 valence electrons. The normalized spacial score (nSPS) is 30.9. The summed E-state index contributed by atoms with van der Waals surface area (Å²) >= 11 is 0. The van der Waals surface area contributed by atoms with Crippen LogP contribution in [0.5, 0.6) is 0 Å². The van der Waals surface area contributed by atoms with Gasteiger partial charge in [0.15, 0.2) is 0 Å². The summed E-state index contributed by atoms with van der Waals surface area (Å²) in [6.07, 6.45) is 3.55. The van der Waals surface area contributed by atoms with E-state index in [4.69, 9.17) is 5.73 Å². The van der Waals surface area contributed by atoms with Crippen molar-refractivity contribution in [2.75, 3.05) is 6.54 Å². The van der Waals surface area contributed by atoms with Gasteiger partial charge in [0, 0.05) is 25.0 Å². The van der Waals surface area contributed by atoms with E-state index in [1.54, 1.807) is 0 Å². The van der Waals surface area contributed by atoms with Crippen LogP contribution in [0.4, 0.5) is 4.79 Å². The number of nitrogens with zero attached hydrogens (tertiary/aromatic N) is 2. The molecule has 5 heteroatoms. The van der Waals surface area contributed by atoms with Gasteiger partial charge in [-0.15, -0.1) is 0 Å². The minimum Gasteiger partial charge on any atom is -0.350 e. The van der Waals surface area contributed by atoms with Gasteiger partial charge in [0.25, 0.3) is 0 Å². The molecular formula is C9H16N4O. The second-order valence-electron chi connectivity index (χ2n) is 4.11. The third-order valence-electron chi connectivity index (χ3n) is 2.80. The van der Waals surface area contributed by atoms with Gasteiger partial charge >= 0.3 is 6.03 Å². The van der Waals surface area contributed by atoms with Crippen molar-refractivity contribution in [1.29, 1.82) is 0 Å². The molecule has 2 rings (SSSR count). The lowest BCUT2D eigenvalue weighted by Crippen LogP contribution is -2.30. The summed E-state index contributed by atoms with van der Waals surface area (Å²) in [5.74, 6) is 0. The van der Waals surface area contributed by atoms with Crippen molar-refractivity contribution in [2.24, 2.45) is 10.8 Å². The Balaban J connectivity index is 1.91. The van der Waals surface area contributed by atoms with Gasteiger partial charge in [-0.05, 0) is 19.8 Å². The molecule has 2 aliphatic rings. The molecule has 0 spiro atoms. The Labute approximate surface area is 83.3 Å². The van der Waals surface area contributed by atoms with Crippen LogP contribution >= 0.6 is 0 Å². The maximum atomic E-state index is 10.5. The average Bonchev–Trinajstić information content (AvgIpc) is 2.88. The van der Waals surface area contributed by atoms with Crippen molar-refractivity contribution in [3.63, 3.8) is 0 Å². The molecule has 2 amide bonds. The molecule has 1 unspecified atom stereocenters. The van der Waals surface area contributed by atoms with Crippen molar-refractivity contribution < 1.29 is 4.79 Å². The zero-order valence-corrected chi connectivity index (χ0v) is 8.36. The highest BCUT2D eigenvalue weighted by Crippen LogP contribution is 2.32. The molecule has 0 aromatic heterocycles. The molecule has 1 aliphatic heterocycles. The van der Waals surface area contributed by atoms with Crippen LogP contribution in [0.3, 0.4) is 0 Å². The van der Waals surface area contributed by atoms with Crippen LogP contribution in [0, 0.1) is 0 Å². The lowest BCUT2D eigenvalue weighted by Gasteiger charge is -2.18. The topological polar surface area (TPSA) is 70.7 Å². The number of carbonyl (C=O) groups excluding carboxylic acids is 1. The Morgan fingerprint density at radius 1 is 1.64 bits per heavy atom. The van der Waals surface area contributed by atoms with Crippen LogP contribution in [0.25, 0.3) is 0 Å². The van der Waals surface area contributed by atoms with E-state index in [2.05, 4.69) is 22.4 Å². The highest BCUT2D eigenvalue weighted by atomic mass is 16.2. The number of hydrazone groups is 1. The lowest BCUT2D eigenvalue weighted by atomic mass is 10.2. The van der Waals surface area contributed by atoms with Gasteiger partial charge in [-0.25, -0.2) is 10.2 Å². The Morgan fingerprint density at radius 2 is 2.36 bits per heavy atom. The number of rotatable bonds is 2. The molecule has 3 N–H and O–H groups in total. The fourth-order valence-corrected chi connectivity index (χ4v) is 2.00. The maximum Gasteiger partial charge on any atom is 0.332 e. The lowest BCUT2D eigenvalue weighted by molar-refractivity contribution is 0.249. The molecule has 1 heterocycles. The first kappa shape index (κ1) is 9.45. The van der Waals surface area contributed by atoms with Gasteiger partial charge in [-0.3, -0.25) is 4.90 Å². The first-order valence-corrected chi connectivity index (χ1v) is 5.03. The summed E-state index contributed by atoms with van der Waals surface area (Å²) in [4.78, 5) is 12.9. The Hall–Kier alpha value is -1.10. The van der Waals surface area contributed by atoms with Gasteiger partial charge in [0.05, 0.1) is 5.71 Å². The van der Waals surface area contributed by atoms with Crippen molar-refractivity contribution in [3.05, 3.63) is 0 Å². The minimum absolute atomic E-state index is 0.552. The second-order valence-corrected chi connectivity index (χ2v) is 4.11. The summed E-state index contributed by atoms with van der Waals surface area (Å²) < 4.78 is 0.